The number of aromatic nitrogens is 2. The van der Waals surface area contributed by atoms with Crippen LogP contribution < -0.4 is 0 Å². The lowest BCUT2D eigenvalue weighted by molar-refractivity contribution is -0.137. The first-order valence-corrected chi connectivity index (χ1v) is 9.75. The minimum absolute atomic E-state index is 0.0575. The standard InChI is InChI=1S/C22H22F3N3O/c23-22(24,25)18-11-9-17(10-12-18)19-8-4-5-13-28(19)15-20-26-21(29-27-20)14-16-6-2-1-3-7-16/h1-3,6-7,9-12,19H,4-5,8,13-15H2. The maximum absolute atomic E-state index is 12.8. The van der Waals surface area contributed by atoms with Crippen LogP contribution in [-0.2, 0) is 19.1 Å². The topological polar surface area (TPSA) is 42.2 Å². The molecule has 0 spiro atoms. The molecule has 1 aliphatic rings. The molecule has 0 amide bonds. The highest BCUT2D eigenvalue weighted by molar-refractivity contribution is 5.27. The molecule has 152 valence electrons. The van der Waals surface area contributed by atoms with Crippen molar-refractivity contribution >= 4 is 0 Å². The Morgan fingerprint density at radius 1 is 1.00 bits per heavy atom. The van der Waals surface area contributed by atoms with E-state index >= 15 is 0 Å². The Bertz CT molecular complexity index is 922. The predicted molar refractivity (Wildman–Crippen MR) is 102 cm³/mol. The van der Waals surface area contributed by atoms with E-state index in [0.717, 1.165) is 49.1 Å². The van der Waals surface area contributed by atoms with Crippen LogP contribution >= 0.6 is 0 Å². The molecule has 29 heavy (non-hydrogen) atoms. The van der Waals surface area contributed by atoms with Crippen LogP contribution in [-0.4, -0.2) is 21.6 Å². The van der Waals surface area contributed by atoms with Crippen molar-refractivity contribution in [2.75, 3.05) is 6.54 Å². The third kappa shape index (κ3) is 4.85. The van der Waals surface area contributed by atoms with Gasteiger partial charge in [-0.1, -0.05) is 54.0 Å². The quantitative estimate of drug-likeness (QED) is 0.574. The second kappa shape index (κ2) is 8.37. The molecule has 2 heterocycles. The van der Waals surface area contributed by atoms with Gasteiger partial charge in [0.05, 0.1) is 18.5 Å². The minimum Gasteiger partial charge on any atom is -0.339 e. The lowest BCUT2D eigenvalue weighted by Crippen LogP contribution is -2.33. The number of likely N-dealkylation sites (tertiary alicyclic amines) is 1. The molecule has 1 saturated heterocycles. The van der Waals surface area contributed by atoms with E-state index in [2.05, 4.69) is 15.0 Å². The average molecular weight is 401 g/mol. The van der Waals surface area contributed by atoms with Gasteiger partial charge in [-0.05, 0) is 42.6 Å². The molecular weight excluding hydrogens is 379 g/mol. The van der Waals surface area contributed by atoms with E-state index in [1.165, 1.54) is 0 Å². The third-order valence-electron chi connectivity index (χ3n) is 5.29. The highest BCUT2D eigenvalue weighted by Gasteiger charge is 2.31. The predicted octanol–water partition coefficient (Wildman–Crippen LogP) is 5.41. The van der Waals surface area contributed by atoms with E-state index in [1.807, 2.05) is 30.3 Å². The lowest BCUT2D eigenvalue weighted by atomic mass is 9.94. The van der Waals surface area contributed by atoms with Crippen molar-refractivity contribution in [1.29, 1.82) is 0 Å². The molecule has 1 aromatic heterocycles. The van der Waals surface area contributed by atoms with Crippen LogP contribution in [0.15, 0.2) is 59.1 Å². The van der Waals surface area contributed by atoms with Crippen LogP contribution in [0.3, 0.4) is 0 Å². The molecule has 0 bridgehead atoms. The fraction of sp³-hybridized carbons (Fsp3) is 0.364. The highest BCUT2D eigenvalue weighted by atomic mass is 19.4. The average Bonchev–Trinajstić information content (AvgIpc) is 3.15. The SMILES string of the molecule is FC(F)(F)c1ccc(C2CCCCN2Cc2noc(Cc3ccccc3)n2)cc1. The van der Waals surface area contributed by atoms with E-state index in [-0.39, 0.29) is 6.04 Å². The van der Waals surface area contributed by atoms with E-state index in [9.17, 15) is 13.2 Å². The second-order valence-corrected chi connectivity index (χ2v) is 7.37. The van der Waals surface area contributed by atoms with E-state index in [1.54, 1.807) is 12.1 Å². The van der Waals surface area contributed by atoms with Crippen molar-refractivity contribution < 1.29 is 17.7 Å². The smallest absolute Gasteiger partial charge is 0.339 e. The van der Waals surface area contributed by atoms with Gasteiger partial charge in [-0.15, -0.1) is 0 Å². The molecule has 3 aromatic rings. The number of hydrogen-bond donors (Lipinski definition) is 0. The molecule has 7 heteroatoms. The van der Waals surface area contributed by atoms with Gasteiger partial charge in [-0.25, -0.2) is 0 Å². The Hall–Kier alpha value is -2.67. The summed E-state index contributed by atoms with van der Waals surface area (Å²) in [6.07, 6.45) is -0.736. The van der Waals surface area contributed by atoms with Crippen molar-refractivity contribution in [3.05, 3.63) is 83.0 Å². The van der Waals surface area contributed by atoms with Gasteiger partial charge in [0, 0.05) is 6.04 Å². The summed E-state index contributed by atoms with van der Waals surface area (Å²) in [4.78, 5) is 6.73. The second-order valence-electron chi connectivity index (χ2n) is 7.37. The molecule has 2 aromatic carbocycles. The van der Waals surface area contributed by atoms with Crippen LogP contribution in [0.1, 0.15) is 53.7 Å². The maximum atomic E-state index is 12.8. The first kappa shape index (κ1) is 19.6. The van der Waals surface area contributed by atoms with Crippen LogP contribution in [0.4, 0.5) is 13.2 Å². The molecule has 0 saturated carbocycles. The number of halogens is 3. The van der Waals surface area contributed by atoms with Crippen molar-refractivity contribution in [3.8, 4) is 0 Å². The Morgan fingerprint density at radius 2 is 1.76 bits per heavy atom. The zero-order valence-electron chi connectivity index (χ0n) is 15.9. The molecule has 0 radical (unpaired) electrons. The van der Waals surface area contributed by atoms with E-state index < -0.39 is 11.7 Å². The molecule has 1 fully saturated rings. The van der Waals surface area contributed by atoms with Crippen LogP contribution in [0, 0.1) is 0 Å². The normalized spacial score (nSPS) is 18.1. The number of benzene rings is 2. The van der Waals surface area contributed by atoms with Gasteiger partial charge in [-0.3, -0.25) is 4.90 Å². The summed E-state index contributed by atoms with van der Waals surface area (Å²) in [7, 11) is 0. The first-order chi connectivity index (χ1) is 14.0. The van der Waals surface area contributed by atoms with E-state index in [4.69, 9.17) is 4.52 Å². The van der Waals surface area contributed by atoms with Gasteiger partial charge in [0.15, 0.2) is 5.82 Å². The van der Waals surface area contributed by atoms with Gasteiger partial charge in [0.1, 0.15) is 0 Å². The first-order valence-electron chi connectivity index (χ1n) is 9.75. The molecule has 1 aliphatic heterocycles. The lowest BCUT2D eigenvalue weighted by Gasteiger charge is -2.35. The monoisotopic (exact) mass is 401 g/mol. The van der Waals surface area contributed by atoms with Crippen molar-refractivity contribution in [2.45, 2.75) is 44.4 Å². The Morgan fingerprint density at radius 3 is 2.48 bits per heavy atom. The van der Waals surface area contributed by atoms with E-state index in [0.29, 0.717) is 24.7 Å². The van der Waals surface area contributed by atoms with Gasteiger partial charge >= 0.3 is 6.18 Å². The molecule has 4 rings (SSSR count). The summed E-state index contributed by atoms with van der Waals surface area (Å²) in [5.41, 5.74) is 1.38. The molecular formula is C22H22F3N3O. The Balaban J connectivity index is 1.46. The zero-order chi connectivity index (χ0) is 20.3. The van der Waals surface area contributed by atoms with Gasteiger partial charge in [0.25, 0.3) is 0 Å². The number of hydrogen-bond acceptors (Lipinski definition) is 4. The fourth-order valence-corrected chi connectivity index (χ4v) is 3.83. The number of alkyl halides is 3. The number of rotatable bonds is 5. The maximum Gasteiger partial charge on any atom is 0.416 e. The van der Waals surface area contributed by atoms with Gasteiger partial charge < -0.3 is 4.52 Å². The largest absolute Gasteiger partial charge is 0.416 e. The van der Waals surface area contributed by atoms with Crippen LogP contribution in [0.2, 0.25) is 0 Å². The molecule has 0 N–H and O–H groups in total. The minimum atomic E-state index is -4.31. The van der Waals surface area contributed by atoms with Crippen molar-refractivity contribution in [2.24, 2.45) is 0 Å². The summed E-state index contributed by atoms with van der Waals surface area (Å²) < 4.78 is 43.9. The molecule has 4 nitrogen and oxygen atoms in total. The Labute approximate surface area is 167 Å². The summed E-state index contributed by atoms with van der Waals surface area (Å²) in [6, 6.07) is 15.5. The molecule has 0 aliphatic carbocycles. The van der Waals surface area contributed by atoms with Gasteiger partial charge in [-0.2, -0.15) is 18.2 Å². The van der Waals surface area contributed by atoms with Crippen molar-refractivity contribution in [3.63, 3.8) is 0 Å². The third-order valence-corrected chi connectivity index (χ3v) is 5.29. The number of nitrogens with zero attached hydrogens (tertiary/aromatic N) is 3. The van der Waals surface area contributed by atoms with Gasteiger partial charge in [0.2, 0.25) is 5.89 Å². The Kier molecular flexibility index (Phi) is 5.67. The molecule has 1 atom stereocenters. The van der Waals surface area contributed by atoms with Crippen molar-refractivity contribution in [1.82, 2.24) is 15.0 Å². The summed E-state index contributed by atoms with van der Waals surface area (Å²) >= 11 is 0. The fourth-order valence-electron chi connectivity index (χ4n) is 3.83. The highest BCUT2D eigenvalue weighted by Crippen LogP contribution is 2.34. The van der Waals surface area contributed by atoms with Crippen LogP contribution in [0.5, 0.6) is 0 Å². The zero-order valence-corrected chi connectivity index (χ0v) is 15.9. The number of piperidine rings is 1. The summed E-state index contributed by atoms with van der Waals surface area (Å²) in [6.45, 7) is 1.37. The summed E-state index contributed by atoms with van der Waals surface area (Å²) in [5, 5.41) is 4.10. The van der Waals surface area contributed by atoms with Crippen LogP contribution in [0.25, 0.3) is 0 Å². The summed E-state index contributed by atoms with van der Waals surface area (Å²) in [5.74, 6) is 1.17. The molecule has 1 unspecified atom stereocenters.